The van der Waals surface area contributed by atoms with Crippen LogP contribution in [0.4, 0.5) is 20.6 Å². The summed E-state index contributed by atoms with van der Waals surface area (Å²) in [6.45, 7) is 4.31. The van der Waals surface area contributed by atoms with Gasteiger partial charge >= 0.3 is 6.09 Å². The van der Waals surface area contributed by atoms with Crippen LogP contribution in [0.2, 0.25) is 0 Å². The largest absolute Gasteiger partial charge is 0.444 e. The maximum absolute atomic E-state index is 14.6. The summed E-state index contributed by atoms with van der Waals surface area (Å²) in [7, 11) is 0. The number of cyclic esters (lactones) is 1. The van der Waals surface area contributed by atoms with Gasteiger partial charge in [-0.1, -0.05) is 13.3 Å². The lowest BCUT2D eigenvalue weighted by molar-refractivity contribution is 0.136. The lowest BCUT2D eigenvalue weighted by atomic mass is 10.2. The van der Waals surface area contributed by atoms with E-state index in [0.29, 0.717) is 17.9 Å². The number of hydrogen-bond acceptors (Lipinski definition) is 4. The number of ether oxygens (including phenoxy) is 1. The van der Waals surface area contributed by atoms with Crippen LogP contribution in [0.15, 0.2) is 18.2 Å². The molecule has 0 radical (unpaired) electrons. The quantitative estimate of drug-likeness (QED) is 0.834. The lowest BCUT2D eigenvalue weighted by Crippen LogP contribution is -2.27. The van der Waals surface area contributed by atoms with Crippen molar-refractivity contribution in [3.8, 4) is 0 Å². The van der Waals surface area contributed by atoms with E-state index in [1.54, 1.807) is 6.07 Å². The number of rotatable bonds is 4. The molecule has 0 aliphatic carbocycles. The van der Waals surface area contributed by atoms with Crippen molar-refractivity contribution in [3.63, 3.8) is 0 Å². The fraction of sp³-hybridized carbons (Fsp3) is 0.588. The van der Waals surface area contributed by atoms with Crippen LogP contribution >= 0.6 is 11.8 Å². The Hall–Kier alpha value is -1.43. The molecule has 0 aromatic heterocycles. The van der Waals surface area contributed by atoms with E-state index < -0.39 is 0 Å². The molecule has 0 spiro atoms. The van der Waals surface area contributed by atoms with Crippen LogP contribution in [0, 0.1) is 5.82 Å². The van der Waals surface area contributed by atoms with E-state index in [1.165, 1.54) is 11.0 Å². The smallest absolute Gasteiger partial charge is 0.414 e. The van der Waals surface area contributed by atoms with Gasteiger partial charge in [-0.05, 0) is 36.8 Å². The Morgan fingerprint density at radius 1 is 1.35 bits per heavy atom. The first-order valence-electron chi connectivity index (χ1n) is 8.29. The number of hydrogen-bond donors (Lipinski definition) is 0. The van der Waals surface area contributed by atoms with Gasteiger partial charge in [0.2, 0.25) is 0 Å². The third-order valence-electron chi connectivity index (χ3n) is 4.29. The Morgan fingerprint density at radius 3 is 3.00 bits per heavy atom. The third-order valence-corrected chi connectivity index (χ3v) is 5.34. The second-order valence-electron chi connectivity index (χ2n) is 5.99. The van der Waals surface area contributed by atoms with Crippen molar-refractivity contribution in [1.82, 2.24) is 0 Å². The number of carbonyl (C=O) groups excluding carboxylic acids is 1. The average Bonchev–Trinajstić information content (AvgIpc) is 2.75. The van der Waals surface area contributed by atoms with Crippen molar-refractivity contribution in [3.05, 3.63) is 24.0 Å². The Kier molecular flexibility index (Phi) is 5.30. The van der Waals surface area contributed by atoms with Crippen LogP contribution in [0.1, 0.15) is 26.2 Å². The number of carbonyl (C=O) groups is 1. The molecule has 2 aliphatic heterocycles. The van der Waals surface area contributed by atoms with Gasteiger partial charge in [-0.2, -0.15) is 11.8 Å². The highest BCUT2D eigenvalue weighted by molar-refractivity contribution is 7.99. The summed E-state index contributed by atoms with van der Waals surface area (Å²) in [4.78, 5) is 15.6. The van der Waals surface area contributed by atoms with E-state index in [4.69, 9.17) is 4.74 Å². The molecule has 2 aliphatic rings. The van der Waals surface area contributed by atoms with Crippen molar-refractivity contribution in [2.45, 2.75) is 32.3 Å². The monoisotopic (exact) mass is 338 g/mol. The van der Waals surface area contributed by atoms with Gasteiger partial charge in [-0.25, -0.2) is 9.18 Å². The Labute approximate surface area is 141 Å². The van der Waals surface area contributed by atoms with Crippen LogP contribution in [0.3, 0.4) is 0 Å². The zero-order chi connectivity index (χ0) is 16.2. The molecule has 0 N–H and O–H groups in total. The molecular weight excluding hydrogens is 315 g/mol. The first kappa shape index (κ1) is 16.4. The maximum atomic E-state index is 14.6. The van der Waals surface area contributed by atoms with Gasteiger partial charge in [0.15, 0.2) is 0 Å². The molecule has 1 amide bonds. The molecule has 2 fully saturated rings. The van der Waals surface area contributed by atoms with Gasteiger partial charge in [0.1, 0.15) is 11.9 Å². The van der Waals surface area contributed by atoms with Crippen molar-refractivity contribution in [2.24, 2.45) is 0 Å². The van der Waals surface area contributed by atoms with Crippen molar-refractivity contribution >= 4 is 29.2 Å². The summed E-state index contributed by atoms with van der Waals surface area (Å²) < 4.78 is 19.9. The SMILES string of the molecule is CCC[C@H]1CN(c2ccc(N3CCCSCC3)c(F)c2)C(=O)O1. The first-order chi connectivity index (χ1) is 11.2. The third kappa shape index (κ3) is 3.74. The predicted molar refractivity (Wildman–Crippen MR) is 93.1 cm³/mol. The summed E-state index contributed by atoms with van der Waals surface area (Å²) in [5.41, 5.74) is 1.22. The summed E-state index contributed by atoms with van der Waals surface area (Å²) in [6.07, 6.45) is 2.42. The minimum Gasteiger partial charge on any atom is -0.444 e. The van der Waals surface area contributed by atoms with Gasteiger partial charge in [-0.15, -0.1) is 0 Å². The fourth-order valence-electron chi connectivity index (χ4n) is 3.11. The highest BCUT2D eigenvalue weighted by Crippen LogP contribution is 2.29. The molecule has 1 aromatic rings. The molecule has 0 bridgehead atoms. The van der Waals surface area contributed by atoms with Crippen molar-refractivity contribution < 1.29 is 13.9 Å². The number of nitrogens with zero attached hydrogens (tertiary/aromatic N) is 2. The van der Waals surface area contributed by atoms with Crippen molar-refractivity contribution in [2.75, 3.05) is 40.9 Å². The Balaban J connectivity index is 1.75. The molecule has 3 rings (SSSR count). The molecule has 0 unspecified atom stereocenters. The zero-order valence-electron chi connectivity index (χ0n) is 13.5. The van der Waals surface area contributed by atoms with Crippen LogP contribution in [0.25, 0.3) is 0 Å². The highest BCUT2D eigenvalue weighted by Gasteiger charge is 2.32. The van der Waals surface area contributed by atoms with Gasteiger partial charge in [0, 0.05) is 18.8 Å². The second kappa shape index (κ2) is 7.43. The van der Waals surface area contributed by atoms with E-state index >= 15 is 0 Å². The van der Waals surface area contributed by atoms with E-state index in [9.17, 15) is 9.18 Å². The van der Waals surface area contributed by atoms with E-state index in [2.05, 4.69) is 11.8 Å². The van der Waals surface area contributed by atoms with Gasteiger partial charge < -0.3 is 9.64 Å². The number of halogens is 1. The molecule has 2 saturated heterocycles. The molecule has 126 valence electrons. The van der Waals surface area contributed by atoms with Crippen molar-refractivity contribution in [1.29, 1.82) is 0 Å². The summed E-state index contributed by atoms with van der Waals surface area (Å²) in [5.74, 6) is 1.90. The molecule has 1 aromatic carbocycles. The molecule has 0 saturated carbocycles. The minimum atomic E-state index is -0.373. The average molecular weight is 338 g/mol. The minimum absolute atomic E-state index is 0.0853. The molecule has 1 atom stereocenters. The van der Waals surface area contributed by atoms with Crippen LogP contribution in [-0.4, -0.2) is 43.3 Å². The normalized spacial score (nSPS) is 22.2. The lowest BCUT2D eigenvalue weighted by Gasteiger charge is -2.24. The summed E-state index contributed by atoms with van der Waals surface area (Å²) in [6, 6.07) is 5.08. The van der Waals surface area contributed by atoms with E-state index in [0.717, 1.165) is 43.9 Å². The second-order valence-corrected chi connectivity index (χ2v) is 7.22. The topological polar surface area (TPSA) is 32.8 Å². The Morgan fingerprint density at radius 2 is 2.22 bits per heavy atom. The van der Waals surface area contributed by atoms with Gasteiger partial charge in [-0.3, -0.25) is 4.90 Å². The maximum Gasteiger partial charge on any atom is 0.414 e. The van der Waals surface area contributed by atoms with Gasteiger partial charge in [0.25, 0.3) is 0 Å². The van der Waals surface area contributed by atoms with E-state index in [-0.39, 0.29) is 18.0 Å². The number of amides is 1. The zero-order valence-corrected chi connectivity index (χ0v) is 14.3. The van der Waals surface area contributed by atoms with Gasteiger partial charge in [0.05, 0.1) is 17.9 Å². The van der Waals surface area contributed by atoms with Crippen LogP contribution in [-0.2, 0) is 4.74 Å². The highest BCUT2D eigenvalue weighted by atomic mass is 32.2. The number of thioether (sulfide) groups is 1. The first-order valence-corrected chi connectivity index (χ1v) is 9.45. The van der Waals surface area contributed by atoms with E-state index in [1.807, 2.05) is 17.8 Å². The Bertz CT molecular complexity index is 562. The van der Waals surface area contributed by atoms with Crippen LogP contribution < -0.4 is 9.80 Å². The van der Waals surface area contributed by atoms with Crippen LogP contribution in [0.5, 0.6) is 0 Å². The fourth-order valence-corrected chi connectivity index (χ4v) is 4.00. The molecule has 23 heavy (non-hydrogen) atoms. The summed E-state index contributed by atoms with van der Waals surface area (Å²) in [5, 5.41) is 0. The molecular formula is C17H23FN2O2S. The molecule has 4 nitrogen and oxygen atoms in total. The molecule has 2 heterocycles. The number of benzene rings is 1. The summed E-state index contributed by atoms with van der Waals surface area (Å²) >= 11 is 1.92. The molecule has 6 heteroatoms. The standard InChI is InChI=1S/C17H23FN2O2S/c1-2-4-14-12-20(17(21)22-14)13-5-6-16(15(18)11-13)19-7-3-9-23-10-8-19/h5-6,11,14H,2-4,7-10,12H2,1H3/t14-/m0/s1. The predicted octanol–water partition coefficient (Wildman–Crippen LogP) is 3.89. The number of anilines is 2.